The predicted molar refractivity (Wildman–Crippen MR) is 105 cm³/mol. The second kappa shape index (κ2) is 8.66. The third-order valence-corrected chi connectivity index (χ3v) is 5.24. The lowest BCUT2D eigenvalue weighted by Crippen LogP contribution is -2.35. The van der Waals surface area contributed by atoms with Crippen molar-refractivity contribution < 1.29 is 9.31 Å². The van der Waals surface area contributed by atoms with Crippen molar-refractivity contribution in [3.8, 4) is 0 Å². The number of hydrogen-bond acceptors (Lipinski definition) is 7. The van der Waals surface area contributed by atoms with Gasteiger partial charge in [0.25, 0.3) is 0 Å². The smallest absolute Gasteiger partial charge is 0.329 e. The number of nitrogens with zero attached hydrogens (tertiary/aromatic N) is 4. The van der Waals surface area contributed by atoms with Gasteiger partial charge in [-0.3, -0.25) is 10.1 Å². The third-order valence-electron chi connectivity index (χ3n) is 5.00. The van der Waals surface area contributed by atoms with E-state index in [9.17, 15) is 14.5 Å². The topological polar surface area (TPSA) is 124 Å². The lowest BCUT2D eigenvalue weighted by atomic mass is 9.86. The van der Waals surface area contributed by atoms with Crippen LogP contribution < -0.4 is 16.4 Å². The summed E-state index contributed by atoms with van der Waals surface area (Å²) in [6.45, 7) is 0.738. The van der Waals surface area contributed by atoms with Gasteiger partial charge < -0.3 is 16.4 Å². The van der Waals surface area contributed by atoms with Crippen molar-refractivity contribution in [2.75, 3.05) is 17.2 Å². The molecule has 1 aromatic carbocycles. The summed E-state index contributed by atoms with van der Waals surface area (Å²) in [7, 11) is 0. The molecule has 1 saturated carbocycles. The van der Waals surface area contributed by atoms with E-state index in [1.54, 1.807) is 11.0 Å². The van der Waals surface area contributed by atoms with Crippen molar-refractivity contribution in [1.29, 1.82) is 0 Å². The average molecular weight is 409 g/mol. The van der Waals surface area contributed by atoms with Gasteiger partial charge in [0.2, 0.25) is 11.8 Å². The van der Waals surface area contributed by atoms with E-state index >= 15 is 0 Å². The molecule has 0 unspecified atom stereocenters. The summed E-state index contributed by atoms with van der Waals surface area (Å²) in [5.74, 6) is -0.0633. The molecule has 1 aromatic heterocycles. The van der Waals surface area contributed by atoms with Crippen LogP contribution in [0.5, 0.6) is 0 Å². The van der Waals surface area contributed by atoms with Gasteiger partial charge in [0.05, 0.1) is 4.92 Å². The molecule has 2 aromatic rings. The Morgan fingerprint density at radius 1 is 1.32 bits per heavy atom. The fourth-order valence-electron chi connectivity index (χ4n) is 3.44. The Kier molecular flexibility index (Phi) is 6.25. The SMILES string of the molecule is Nc1nc(N(Cc2cc(Cl)ccc2F)CC2CCC(N)CC2)ncc1[N+](=O)[O-]. The van der Waals surface area contributed by atoms with Crippen LogP contribution in [0, 0.1) is 21.8 Å². The number of nitro groups is 1. The monoisotopic (exact) mass is 408 g/mol. The van der Waals surface area contributed by atoms with Crippen LogP contribution in [0.4, 0.5) is 21.8 Å². The molecule has 28 heavy (non-hydrogen) atoms. The zero-order valence-corrected chi connectivity index (χ0v) is 16.0. The van der Waals surface area contributed by atoms with Gasteiger partial charge in [0, 0.05) is 29.7 Å². The molecule has 0 saturated heterocycles. The van der Waals surface area contributed by atoms with Crippen LogP contribution in [0.25, 0.3) is 0 Å². The molecule has 1 aliphatic rings. The van der Waals surface area contributed by atoms with Crippen molar-refractivity contribution in [3.63, 3.8) is 0 Å². The Morgan fingerprint density at radius 2 is 2.04 bits per heavy atom. The molecule has 3 rings (SSSR count). The molecule has 1 heterocycles. The Hall–Kier alpha value is -2.52. The van der Waals surface area contributed by atoms with E-state index in [1.807, 2.05) is 0 Å². The summed E-state index contributed by atoms with van der Waals surface area (Å²) < 4.78 is 14.3. The normalized spacial score (nSPS) is 19.4. The summed E-state index contributed by atoms with van der Waals surface area (Å²) in [6.07, 6.45) is 4.81. The highest BCUT2D eigenvalue weighted by molar-refractivity contribution is 6.30. The molecule has 10 heteroatoms. The van der Waals surface area contributed by atoms with Crippen molar-refractivity contribution in [2.24, 2.45) is 11.7 Å². The molecule has 0 spiro atoms. The van der Waals surface area contributed by atoms with E-state index in [1.165, 1.54) is 12.1 Å². The minimum Gasteiger partial charge on any atom is -0.378 e. The number of nitrogen functional groups attached to an aromatic ring is 1. The first-order valence-electron chi connectivity index (χ1n) is 9.05. The van der Waals surface area contributed by atoms with E-state index in [4.69, 9.17) is 23.1 Å². The first-order valence-corrected chi connectivity index (χ1v) is 9.42. The van der Waals surface area contributed by atoms with Gasteiger partial charge in [-0.2, -0.15) is 4.98 Å². The van der Waals surface area contributed by atoms with Crippen LogP contribution in [0.15, 0.2) is 24.4 Å². The molecule has 1 fully saturated rings. The number of halogens is 2. The Balaban J connectivity index is 1.88. The van der Waals surface area contributed by atoms with Crippen LogP contribution in [-0.4, -0.2) is 27.5 Å². The lowest BCUT2D eigenvalue weighted by Gasteiger charge is -2.32. The maximum atomic E-state index is 14.3. The number of anilines is 2. The second-order valence-corrected chi connectivity index (χ2v) is 7.53. The molecular formula is C18H22ClFN6O2. The van der Waals surface area contributed by atoms with Crippen LogP contribution >= 0.6 is 11.6 Å². The van der Waals surface area contributed by atoms with Crippen LogP contribution in [-0.2, 0) is 6.54 Å². The summed E-state index contributed by atoms with van der Waals surface area (Å²) in [5, 5.41) is 11.4. The zero-order valence-electron chi connectivity index (χ0n) is 15.2. The molecule has 0 aliphatic heterocycles. The Labute approximate surface area is 166 Å². The summed E-state index contributed by atoms with van der Waals surface area (Å²) in [4.78, 5) is 20.3. The highest BCUT2D eigenvalue weighted by Gasteiger charge is 2.24. The van der Waals surface area contributed by atoms with Crippen molar-refractivity contribution in [2.45, 2.75) is 38.3 Å². The quantitative estimate of drug-likeness (QED) is 0.555. The number of rotatable bonds is 6. The highest BCUT2D eigenvalue weighted by atomic mass is 35.5. The van der Waals surface area contributed by atoms with Crippen molar-refractivity contribution in [3.05, 3.63) is 50.9 Å². The minimum absolute atomic E-state index is 0.173. The molecule has 0 radical (unpaired) electrons. The first kappa shape index (κ1) is 20.2. The summed E-state index contributed by atoms with van der Waals surface area (Å²) in [5.41, 5.74) is 11.7. The molecular weight excluding hydrogens is 387 g/mol. The van der Waals surface area contributed by atoms with E-state index in [0.29, 0.717) is 23.0 Å². The van der Waals surface area contributed by atoms with Crippen LogP contribution in [0.1, 0.15) is 31.2 Å². The first-order chi connectivity index (χ1) is 13.3. The van der Waals surface area contributed by atoms with Crippen LogP contribution in [0.3, 0.4) is 0 Å². The number of benzene rings is 1. The number of hydrogen-bond donors (Lipinski definition) is 2. The van der Waals surface area contributed by atoms with E-state index < -0.39 is 10.7 Å². The van der Waals surface area contributed by atoms with E-state index in [0.717, 1.165) is 31.9 Å². The van der Waals surface area contributed by atoms with E-state index in [2.05, 4.69) is 9.97 Å². The van der Waals surface area contributed by atoms with Crippen molar-refractivity contribution >= 4 is 29.1 Å². The standard InChI is InChI=1S/C18H22ClFN6O2/c19-13-3-6-15(20)12(7-13)10-25(9-11-1-4-14(21)5-2-11)18-23-8-16(26(27)28)17(22)24-18/h3,6-8,11,14H,1-2,4-5,9-10,21H2,(H2,22,23,24). The van der Waals surface area contributed by atoms with Crippen LogP contribution in [0.2, 0.25) is 5.02 Å². The van der Waals surface area contributed by atoms with Gasteiger partial charge in [-0.25, -0.2) is 9.37 Å². The largest absolute Gasteiger partial charge is 0.378 e. The Morgan fingerprint density at radius 3 is 2.68 bits per heavy atom. The Bertz CT molecular complexity index is 860. The van der Waals surface area contributed by atoms with Gasteiger partial charge in [-0.15, -0.1) is 0 Å². The molecule has 8 nitrogen and oxygen atoms in total. The molecule has 1 aliphatic carbocycles. The molecule has 0 atom stereocenters. The molecule has 150 valence electrons. The van der Waals surface area contributed by atoms with Gasteiger partial charge in [0.15, 0.2) is 0 Å². The predicted octanol–water partition coefficient (Wildman–Crippen LogP) is 3.28. The van der Waals surface area contributed by atoms with Gasteiger partial charge in [-0.05, 0) is 49.8 Å². The fraction of sp³-hybridized carbons (Fsp3) is 0.444. The molecule has 0 bridgehead atoms. The van der Waals surface area contributed by atoms with Gasteiger partial charge in [0.1, 0.15) is 12.0 Å². The highest BCUT2D eigenvalue weighted by Crippen LogP contribution is 2.28. The van der Waals surface area contributed by atoms with E-state index in [-0.39, 0.29) is 30.0 Å². The maximum Gasteiger partial charge on any atom is 0.329 e. The average Bonchev–Trinajstić information content (AvgIpc) is 2.65. The number of aromatic nitrogens is 2. The van der Waals surface area contributed by atoms with Crippen molar-refractivity contribution in [1.82, 2.24) is 9.97 Å². The zero-order chi connectivity index (χ0) is 20.3. The second-order valence-electron chi connectivity index (χ2n) is 7.09. The summed E-state index contributed by atoms with van der Waals surface area (Å²) in [6, 6.07) is 4.55. The fourth-order valence-corrected chi connectivity index (χ4v) is 3.64. The maximum absolute atomic E-state index is 14.3. The molecule has 0 amide bonds. The number of nitrogens with two attached hydrogens (primary N) is 2. The summed E-state index contributed by atoms with van der Waals surface area (Å²) >= 11 is 6.01. The third kappa shape index (κ3) is 4.85. The van der Waals surface area contributed by atoms with Gasteiger partial charge >= 0.3 is 5.69 Å². The van der Waals surface area contributed by atoms with Gasteiger partial charge in [-0.1, -0.05) is 11.6 Å². The lowest BCUT2D eigenvalue weighted by molar-refractivity contribution is -0.384. The molecule has 4 N–H and O–H groups in total. The minimum atomic E-state index is -0.636.